The van der Waals surface area contributed by atoms with Crippen LogP contribution in [0.2, 0.25) is 0 Å². The third-order valence-electron chi connectivity index (χ3n) is 5.19. The first-order chi connectivity index (χ1) is 11.5. The van der Waals surface area contributed by atoms with Gasteiger partial charge >= 0.3 is 0 Å². The first kappa shape index (κ1) is 15.3. The Labute approximate surface area is 140 Å². The average Bonchev–Trinajstić information content (AvgIpc) is 3.02. The third kappa shape index (κ3) is 2.25. The highest BCUT2D eigenvalue weighted by Gasteiger charge is 2.65. The van der Waals surface area contributed by atoms with Crippen molar-refractivity contribution in [2.75, 3.05) is 6.61 Å². The normalized spacial score (nSPS) is 48.8. The minimum absolute atomic E-state index is 0.0180. The Morgan fingerprint density at radius 2 is 1.71 bits per heavy atom. The topological polar surface area (TPSA) is 58.7 Å². The van der Waals surface area contributed by atoms with Gasteiger partial charge in [0.25, 0.3) is 0 Å². The van der Waals surface area contributed by atoms with Gasteiger partial charge in [0.15, 0.2) is 18.4 Å². The lowest BCUT2D eigenvalue weighted by Crippen LogP contribution is -2.51. The first-order valence-electron chi connectivity index (χ1n) is 8.47. The van der Waals surface area contributed by atoms with E-state index >= 15 is 0 Å². The molecule has 1 aromatic rings. The van der Waals surface area contributed by atoms with Gasteiger partial charge in [0.05, 0.1) is 6.61 Å². The maximum Gasteiger partial charge on any atom is 0.190 e. The van der Waals surface area contributed by atoms with Crippen LogP contribution in [0.5, 0.6) is 0 Å². The fourth-order valence-electron chi connectivity index (χ4n) is 3.94. The quantitative estimate of drug-likeness (QED) is 0.772. The Balaban J connectivity index is 1.32. The van der Waals surface area contributed by atoms with Crippen LogP contribution >= 0.6 is 0 Å². The van der Waals surface area contributed by atoms with Crippen LogP contribution in [-0.4, -0.2) is 48.9 Å². The standard InChI is InChI=1S/C18H22O6/c1-17(2)22-13-12-11(20-15(13)24-17)9-19-16(21-12)18(3)14(23-18)10-7-5-4-6-8-10/h4-8,11-16H,9H2,1-3H3/t11-,12+,13-,14-,15-,16+,18+/m1/s1. The van der Waals surface area contributed by atoms with Crippen molar-refractivity contribution < 1.29 is 28.4 Å². The highest BCUT2D eigenvalue weighted by Crippen LogP contribution is 2.54. The summed E-state index contributed by atoms with van der Waals surface area (Å²) in [4.78, 5) is 0. The number of rotatable bonds is 2. The van der Waals surface area contributed by atoms with Gasteiger partial charge in [-0.3, -0.25) is 0 Å². The fourth-order valence-corrected chi connectivity index (χ4v) is 3.94. The molecule has 0 N–H and O–H groups in total. The molecule has 0 radical (unpaired) electrons. The van der Waals surface area contributed by atoms with Crippen molar-refractivity contribution in [3.8, 4) is 0 Å². The lowest BCUT2D eigenvalue weighted by molar-refractivity contribution is -0.294. The third-order valence-corrected chi connectivity index (χ3v) is 5.19. The van der Waals surface area contributed by atoms with E-state index in [0.29, 0.717) is 6.61 Å². The molecule has 4 aliphatic heterocycles. The van der Waals surface area contributed by atoms with Gasteiger partial charge in [0.1, 0.15) is 30.0 Å². The van der Waals surface area contributed by atoms with Crippen LogP contribution in [-0.2, 0) is 28.4 Å². The Morgan fingerprint density at radius 1 is 0.917 bits per heavy atom. The minimum atomic E-state index is -0.649. The number of ether oxygens (including phenoxy) is 6. The van der Waals surface area contributed by atoms with E-state index in [1.165, 1.54) is 0 Å². The van der Waals surface area contributed by atoms with Crippen molar-refractivity contribution in [1.29, 1.82) is 0 Å². The fraction of sp³-hybridized carbons (Fsp3) is 0.667. The molecule has 0 unspecified atom stereocenters. The average molecular weight is 334 g/mol. The summed E-state index contributed by atoms with van der Waals surface area (Å²) in [7, 11) is 0. The second kappa shape index (κ2) is 5.00. The highest BCUT2D eigenvalue weighted by molar-refractivity contribution is 5.26. The van der Waals surface area contributed by atoms with E-state index < -0.39 is 24.0 Å². The van der Waals surface area contributed by atoms with Crippen LogP contribution < -0.4 is 0 Å². The molecule has 0 spiro atoms. The molecule has 0 aliphatic carbocycles. The van der Waals surface area contributed by atoms with E-state index in [9.17, 15) is 0 Å². The van der Waals surface area contributed by atoms with Gasteiger partial charge in [0.2, 0.25) is 0 Å². The summed E-state index contributed by atoms with van der Waals surface area (Å²) in [5, 5.41) is 0. The van der Waals surface area contributed by atoms with Crippen molar-refractivity contribution in [2.45, 2.75) is 69.2 Å². The van der Waals surface area contributed by atoms with E-state index in [-0.39, 0.29) is 24.4 Å². The number of hydrogen-bond acceptors (Lipinski definition) is 6. The first-order valence-corrected chi connectivity index (χ1v) is 8.47. The van der Waals surface area contributed by atoms with E-state index in [4.69, 9.17) is 28.4 Å². The largest absolute Gasteiger partial charge is 0.356 e. The number of epoxide rings is 1. The predicted molar refractivity (Wildman–Crippen MR) is 82.0 cm³/mol. The second-order valence-electron chi connectivity index (χ2n) is 7.50. The summed E-state index contributed by atoms with van der Waals surface area (Å²) in [6.45, 7) is 6.25. The SMILES string of the molecule is CC1(C)O[C@H]2O[C@@H]3CO[C@H]([C@@]4(C)O[C@@H]4c4ccccc4)O[C@@H]3[C@H]2O1. The van der Waals surface area contributed by atoms with Crippen molar-refractivity contribution in [3.05, 3.63) is 35.9 Å². The Bertz CT molecular complexity index is 634. The molecule has 130 valence electrons. The van der Waals surface area contributed by atoms with Gasteiger partial charge in [-0.2, -0.15) is 0 Å². The van der Waals surface area contributed by atoms with Crippen LogP contribution in [0.4, 0.5) is 0 Å². The molecule has 6 heteroatoms. The van der Waals surface area contributed by atoms with Gasteiger partial charge < -0.3 is 28.4 Å². The summed E-state index contributed by atoms with van der Waals surface area (Å²) in [6, 6.07) is 10.1. The molecule has 4 fully saturated rings. The molecule has 4 heterocycles. The van der Waals surface area contributed by atoms with Crippen molar-refractivity contribution in [2.24, 2.45) is 0 Å². The van der Waals surface area contributed by atoms with E-state index in [1.807, 2.05) is 39.0 Å². The van der Waals surface area contributed by atoms with Crippen molar-refractivity contribution in [3.63, 3.8) is 0 Å². The summed E-state index contributed by atoms with van der Waals surface area (Å²) < 4.78 is 35.7. The molecule has 24 heavy (non-hydrogen) atoms. The molecule has 4 aliphatic rings. The molecule has 0 bridgehead atoms. The van der Waals surface area contributed by atoms with Crippen LogP contribution in [0.3, 0.4) is 0 Å². The highest BCUT2D eigenvalue weighted by atomic mass is 16.9. The molecule has 0 amide bonds. The lowest BCUT2D eigenvalue weighted by Gasteiger charge is -2.36. The molecular formula is C18H22O6. The lowest BCUT2D eigenvalue weighted by atomic mass is 9.99. The number of hydrogen-bond donors (Lipinski definition) is 0. The minimum Gasteiger partial charge on any atom is -0.356 e. The molecule has 7 atom stereocenters. The summed E-state index contributed by atoms with van der Waals surface area (Å²) in [6.07, 6.45) is -1.45. The Morgan fingerprint density at radius 3 is 2.50 bits per heavy atom. The maximum atomic E-state index is 6.22. The van der Waals surface area contributed by atoms with Crippen LogP contribution in [0.15, 0.2) is 30.3 Å². The van der Waals surface area contributed by atoms with E-state index in [2.05, 4.69) is 12.1 Å². The van der Waals surface area contributed by atoms with Crippen molar-refractivity contribution >= 4 is 0 Å². The van der Waals surface area contributed by atoms with Crippen molar-refractivity contribution in [1.82, 2.24) is 0 Å². The molecule has 0 aromatic heterocycles. The van der Waals surface area contributed by atoms with Crippen LogP contribution in [0.1, 0.15) is 32.4 Å². The monoisotopic (exact) mass is 334 g/mol. The van der Waals surface area contributed by atoms with Gasteiger partial charge in [-0.25, -0.2) is 0 Å². The van der Waals surface area contributed by atoms with Gasteiger partial charge in [0, 0.05) is 0 Å². The predicted octanol–water partition coefficient (Wildman–Crippen LogP) is 2.13. The zero-order valence-corrected chi connectivity index (χ0v) is 14.0. The number of benzene rings is 1. The molecule has 1 aromatic carbocycles. The summed E-state index contributed by atoms with van der Waals surface area (Å²) in [5.41, 5.74) is 0.649. The maximum absolute atomic E-state index is 6.22. The Hall–Kier alpha value is -1.02. The van der Waals surface area contributed by atoms with Crippen LogP contribution in [0, 0.1) is 0 Å². The van der Waals surface area contributed by atoms with Gasteiger partial charge in [-0.05, 0) is 26.3 Å². The second-order valence-corrected chi connectivity index (χ2v) is 7.50. The molecule has 5 rings (SSSR count). The zero-order valence-electron chi connectivity index (χ0n) is 14.0. The van der Waals surface area contributed by atoms with Gasteiger partial charge in [-0.15, -0.1) is 0 Å². The summed E-state index contributed by atoms with van der Waals surface area (Å²) in [5.74, 6) is -0.649. The van der Waals surface area contributed by atoms with Gasteiger partial charge in [-0.1, -0.05) is 30.3 Å². The van der Waals surface area contributed by atoms with E-state index in [0.717, 1.165) is 5.56 Å². The molecular weight excluding hydrogens is 312 g/mol. The van der Waals surface area contributed by atoms with Crippen LogP contribution in [0.25, 0.3) is 0 Å². The number of fused-ring (bicyclic) bond motifs is 3. The van der Waals surface area contributed by atoms with E-state index in [1.54, 1.807) is 0 Å². The molecule has 0 saturated carbocycles. The molecule has 6 nitrogen and oxygen atoms in total. The molecule has 4 saturated heterocycles. The zero-order chi connectivity index (χ0) is 16.5. The Kier molecular flexibility index (Phi) is 3.18. The smallest absolute Gasteiger partial charge is 0.190 e. The summed E-state index contributed by atoms with van der Waals surface area (Å²) >= 11 is 0.